The summed E-state index contributed by atoms with van der Waals surface area (Å²) in [5.74, 6) is -0.905. The van der Waals surface area contributed by atoms with Gasteiger partial charge in [-0.25, -0.2) is 9.48 Å². The Kier molecular flexibility index (Phi) is 3.75. The molecule has 0 bridgehead atoms. The topological polar surface area (TPSA) is 64.3 Å². The first-order valence-corrected chi connectivity index (χ1v) is 7.16. The van der Waals surface area contributed by atoms with E-state index in [9.17, 15) is 9.90 Å². The average molecular weight is 286 g/mol. The fraction of sp³-hybridized carbons (Fsp3) is 0.375. The Balaban J connectivity index is 1.93. The first-order chi connectivity index (χ1) is 10.2. The molecule has 0 aliphatic carbocycles. The SMILES string of the molecule is Cc1c(C(=O)O)cccc1-c1cnn(C2CCCCO2)c1. The zero-order valence-electron chi connectivity index (χ0n) is 12.0. The van der Waals surface area contributed by atoms with Crippen molar-refractivity contribution < 1.29 is 14.6 Å². The quantitative estimate of drug-likeness (QED) is 0.940. The van der Waals surface area contributed by atoms with E-state index in [0.29, 0.717) is 5.56 Å². The van der Waals surface area contributed by atoms with E-state index in [1.165, 1.54) is 0 Å². The fourth-order valence-corrected chi connectivity index (χ4v) is 2.75. The van der Waals surface area contributed by atoms with E-state index in [2.05, 4.69) is 5.10 Å². The van der Waals surface area contributed by atoms with Crippen LogP contribution in [0.2, 0.25) is 0 Å². The third kappa shape index (κ3) is 2.69. The number of rotatable bonds is 3. The van der Waals surface area contributed by atoms with Gasteiger partial charge in [0.2, 0.25) is 0 Å². The molecule has 1 N–H and O–H groups in total. The minimum absolute atomic E-state index is 0.00420. The van der Waals surface area contributed by atoms with E-state index >= 15 is 0 Å². The van der Waals surface area contributed by atoms with E-state index < -0.39 is 5.97 Å². The number of ether oxygens (including phenoxy) is 1. The van der Waals surface area contributed by atoms with Crippen LogP contribution in [0.4, 0.5) is 0 Å². The van der Waals surface area contributed by atoms with Crippen molar-refractivity contribution in [2.45, 2.75) is 32.4 Å². The van der Waals surface area contributed by atoms with Gasteiger partial charge < -0.3 is 9.84 Å². The van der Waals surface area contributed by atoms with Crippen molar-refractivity contribution in [3.63, 3.8) is 0 Å². The van der Waals surface area contributed by atoms with Gasteiger partial charge in [-0.3, -0.25) is 0 Å². The van der Waals surface area contributed by atoms with Crippen molar-refractivity contribution in [3.05, 3.63) is 41.7 Å². The Hall–Kier alpha value is -2.14. The van der Waals surface area contributed by atoms with Crippen molar-refractivity contribution in [1.29, 1.82) is 0 Å². The molecule has 1 aliphatic heterocycles. The predicted molar refractivity (Wildman–Crippen MR) is 78.2 cm³/mol. The first kappa shape index (κ1) is 13.8. The van der Waals surface area contributed by atoms with Gasteiger partial charge in [0.05, 0.1) is 11.8 Å². The van der Waals surface area contributed by atoms with Crippen LogP contribution < -0.4 is 0 Å². The molecule has 5 heteroatoms. The van der Waals surface area contributed by atoms with Crippen LogP contribution in [0, 0.1) is 6.92 Å². The third-order valence-electron chi connectivity index (χ3n) is 3.93. The molecule has 2 heterocycles. The Morgan fingerprint density at radius 3 is 3.00 bits per heavy atom. The maximum Gasteiger partial charge on any atom is 0.335 e. The highest BCUT2D eigenvalue weighted by Crippen LogP contribution is 2.28. The monoisotopic (exact) mass is 286 g/mol. The van der Waals surface area contributed by atoms with Crippen LogP contribution in [0.25, 0.3) is 11.1 Å². The second kappa shape index (κ2) is 5.69. The molecule has 0 radical (unpaired) electrons. The van der Waals surface area contributed by atoms with E-state index in [-0.39, 0.29) is 6.23 Å². The number of aromatic carboxylic acids is 1. The number of hydrogen-bond donors (Lipinski definition) is 1. The Bertz CT molecular complexity index is 657. The molecular weight excluding hydrogens is 268 g/mol. The molecule has 0 amide bonds. The van der Waals surface area contributed by atoms with Crippen molar-refractivity contribution in [2.24, 2.45) is 0 Å². The molecule has 1 aliphatic rings. The van der Waals surface area contributed by atoms with Gasteiger partial charge in [0.25, 0.3) is 0 Å². The smallest absolute Gasteiger partial charge is 0.335 e. The maximum absolute atomic E-state index is 11.2. The average Bonchev–Trinajstić information content (AvgIpc) is 2.98. The molecule has 5 nitrogen and oxygen atoms in total. The van der Waals surface area contributed by atoms with Crippen LogP contribution in [0.5, 0.6) is 0 Å². The molecule has 1 unspecified atom stereocenters. The van der Waals surface area contributed by atoms with Crippen molar-refractivity contribution in [1.82, 2.24) is 9.78 Å². The molecule has 0 spiro atoms. The molecule has 0 saturated carbocycles. The van der Waals surface area contributed by atoms with Crippen LogP contribution in [0.3, 0.4) is 0 Å². The van der Waals surface area contributed by atoms with Crippen molar-refractivity contribution >= 4 is 5.97 Å². The fourth-order valence-electron chi connectivity index (χ4n) is 2.75. The molecule has 1 saturated heterocycles. The zero-order valence-corrected chi connectivity index (χ0v) is 12.0. The minimum Gasteiger partial charge on any atom is -0.478 e. The lowest BCUT2D eigenvalue weighted by molar-refractivity contribution is -0.0394. The number of carboxylic acid groups (broad SMARTS) is 1. The number of carbonyl (C=O) groups is 1. The van der Waals surface area contributed by atoms with Gasteiger partial charge in [-0.15, -0.1) is 0 Å². The lowest BCUT2D eigenvalue weighted by Gasteiger charge is -2.22. The minimum atomic E-state index is -0.905. The van der Waals surface area contributed by atoms with Crippen LogP contribution in [0.1, 0.15) is 41.4 Å². The number of nitrogens with zero attached hydrogens (tertiary/aromatic N) is 2. The molecule has 1 atom stereocenters. The van der Waals surface area contributed by atoms with Gasteiger partial charge in [-0.2, -0.15) is 5.10 Å². The van der Waals surface area contributed by atoms with Gasteiger partial charge in [0.15, 0.2) is 0 Å². The van der Waals surface area contributed by atoms with Crippen LogP contribution in [-0.4, -0.2) is 27.5 Å². The lowest BCUT2D eigenvalue weighted by atomic mass is 9.99. The second-order valence-electron chi connectivity index (χ2n) is 5.31. The van der Waals surface area contributed by atoms with Gasteiger partial charge in [0, 0.05) is 18.4 Å². The lowest BCUT2D eigenvalue weighted by Crippen LogP contribution is -2.18. The summed E-state index contributed by atoms with van der Waals surface area (Å²) in [4.78, 5) is 11.2. The van der Waals surface area contributed by atoms with E-state index in [1.807, 2.05) is 23.9 Å². The molecule has 21 heavy (non-hydrogen) atoms. The molecule has 2 aromatic rings. The summed E-state index contributed by atoms with van der Waals surface area (Å²) in [6.45, 7) is 2.60. The van der Waals surface area contributed by atoms with Gasteiger partial charge >= 0.3 is 5.97 Å². The van der Waals surface area contributed by atoms with Gasteiger partial charge in [-0.05, 0) is 43.4 Å². The van der Waals surface area contributed by atoms with Gasteiger partial charge in [0.1, 0.15) is 6.23 Å². The molecule has 110 valence electrons. The summed E-state index contributed by atoms with van der Waals surface area (Å²) in [5.41, 5.74) is 2.91. The summed E-state index contributed by atoms with van der Waals surface area (Å²) in [5, 5.41) is 13.6. The van der Waals surface area contributed by atoms with Crippen molar-refractivity contribution in [2.75, 3.05) is 6.61 Å². The second-order valence-corrected chi connectivity index (χ2v) is 5.31. The summed E-state index contributed by atoms with van der Waals surface area (Å²) in [6.07, 6.45) is 6.92. The van der Waals surface area contributed by atoms with Crippen LogP contribution >= 0.6 is 0 Å². The zero-order chi connectivity index (χ0) is 14.8. The molecule has 1 aromatic carbocycles. The molecule has 3 rings (SSSR count). The van der Waals surface area contributed by atoms with E-state index in [1.54, 1.807) is 18.3 Å². The summed E-state index contributed by atoms with van der Waals surface area (Å²) < 4.78 is 7.55. The third-order valence-corrected chi connectivity index (χ3v) is 3.93. The summed E-state index contributed by atoms with van der Waals surface area (Å²) in [7, 11) is 0. The highest BCUT2D eigenvalue weighted by atomic mass is 16.5. The normalized spacial score (nSPS) is 18.6. The van der Waals surface area contributed by atoms with E-state index in [0.717, 1.165) is 42.6 Å². The Morgan fingerprint density at radius 1 is 1.43 bits per heavy atom. The highest BCUT2D eigenvalue weighted by molar-refractivity contribution is 5.91. The Morgan fingerprint density at radius 2 is 2.29 bits per heavy atom. The molecule has 1 fully saturated rings. The molecular formula is C16H18N2O3. The number of carboxylic acids is 1. The van der Waals surface area contributed by atoms with E-state index in [4.69, 9.17) is 4.74 Å². The standard InChI is InChI=1S/C16H18N2O3/c1-11-13(5-4-6-14(11)16(19)20)12-9-17-18(10-12)15-7-2-3-8-21-15/h4-6,9-10,15H,2-3,7-8H2,1H3,(H,19,20). The maximum atomic E-state index is 11.2. The van der Waals surface area contributed by atoms with Crippen LogP contribution in [-0.2, 0) is 4.74 Å². The largest absolute Gasteiger partial charge is 0.478 e. The highest BCUT2D eigenvalue weighted by Gasteiger charge is 2.18. The summed E-state index contributed by atoms with van der Waals surface area (Å²) in [6, 6.07) is 5.31. The number of aromatic nitrogens is 2. The number of hydrogen-bond acceptors (Lipinski definition) is 3. The predicted octanol–water partition coefficient (Wildman–Crippen LogP) is 3.26. The first-order valence-electron chi connectivity index (χ1n) is 7.16. The Labute approximate surface area is 123 Å². The number of benzene rings is 1. The van der Waals surface area contributed by atoms with Crippen molar-refractivity contribution in [3.8, 4) is 11.1 Å². The van der Waals surface area contributed by atoms with Crippen LogP contribution in [0.15, 0.2) is 30.6 Å². The molecule has 1 aromatic heterocycles. The van der Waals surface area contributed by atoms with Gasteiger partial charge in [-0.1, -0.05) is 12.1 Å². The summed E-state index contributed by atoms with van der Waals surface area (Å²) >= 11 is 0.